The van der Waals surface area contributed by atoms with Gasteiger partial charge in [-0.05, 0) is 29.5 Å². The highest BCUT2D eigenvalue weighted by Crippen LogP contribution is 2.17. The summed E-state index contributed by atoms with van der Waals surface area (Å²) in [5.74, 6) is 0.634. The van der Waals surface area contributed by atoms with Crippen LogP contribution < -0.4 is 5.73 Å². The number of hydrogen-bond donors (Lipinski definition) is 1. The number of hydrogen-bond acceptors (Lipinski definition) is 3. The quantitative estimate of drug-likeness (QED) is 0.849. The maximum atomic E-state index is 11.9. The minimum atomic E-state index is -0.898. The average Bonchev–Trinajstić information content (AvgIpc) is 2.81. The molecule has 0 saturated carbocycles. The fourth-order valence-corrected chi connectivity index (χ4v) is 3.59. The molecule has 16 heavy (non-hydrogen) atoms. The lowest BCUT2D eigenvalue weighted by Gasteiger charge is -2.04. The van der Waals surface area contributed by atoms with Crippen molar-refractivity contribution in [3.8, 4) is 0 Å². The lowest BCUT2D eigenvalue weighted by atomic mass is 10.1. The molecule has 2 nitrogen and oxygen atoms in total. The zero-order valence-electron chi connectivity index (χ0n) is 8.76. The Morgan fingerprint density at radius 2 is 2.00 bits per heavy atom. The second-order valence-corrected chi connectivity index (χ2v) is 6.18. The smallest absolute Gasteiger partial charge is 0.0910 e. The van der Waals surface area contributed by atoms with Crippen LogP contribution in [0.2, 0.25) is 0 Å². The van der Waals surface area contributed by atoms with E-state index < -0.39 is 10.8 Å². The molecule has 0 bridgehead atoms. The van der Waals surface area contributed by atoms with Crippen LogP contribution in [0.5, 0.6) is 0 Å². The van der Waals surface area contributed by atoms with Crippen LogP contribution >= 0.6 is 11.3 Å². The van der Waals surface area contributed by atoms with E-state index in [0.29, 0.717) is 5.75 Å². The molecule has 0 saturated heterocycles. The molecule has 1 aromatic heterocycles. The third-order valence-electron chi connectivity index (χ3n) is 2.33. The second-order valence-electron chi connectivity index (χ2n) is 3.43. The SMILES string of the molecule is Nc1ccccc1CCS(=O)c1cccs1. The third-order valence-corrected chi connectivity index (χ3v) is 5.00. The largest absolute Gasteiger partial charge is 0.399 e. The van der Waals surface area contributed by atoms with Gasteiger partial charge >= 0.3 is 0 Å². The Morgan fingerprint density at radius 1 is 1.19 bits per heavy atom. The summed E-state index contributed by atoms with van der Waals surface area (Å²) in [5.41, 5.74) is 7.69. The summed E-state index contributed by atoms with van der Waals surface area (Å²) in [6.07, 6.45) is 0.761. The molecule has 84 valence electrons. The van der Waals surface area contributed by atoms with Crippen molar-refractivity contribution in [2.75, 3.05) is 11.5 Å². The summed E-state index contributed by atoms with van der Waals surface area (Å²) in [5, 5.41) is 1.95. The van der Waals surface area contributed by atoms with Gasteiger partial charge in [-0.25, -0.2) is 0 Å². The van der Waals surface area contributed by atoms with Crippen LogP contribution in [0.4, 0.5) is 5.69 Å². The van der Waals surface area contributed by atoms with Gasteiger partial charge in [0.2, 0.25) is 0 Å². The highest BCUT2D eigenvalue weighted by molar-refractivity contribution is 7.87. The van der Waals surface area contributed by atoms with E-state index in [4.69, 9.17) is 5.73 Å². The van der Waals surface area contributed by atoms with Crippen molar-refractivity contribution in [3.05, 3.63) is 47.3 Å². The molecular weight excluding hydrogens is 238 g/mol. The summed E-state index contributed by atoms with van der Waals surface area (Å²) in [7, 11) is -0.898. The van der Waals surface area contributed by atoms with E-state index in [2.05, 4.69) is 0 Å². The lowest BCUT2D eigenvalue weighted by molar-refractivity contribution is 0.683. The predicted molar refractivity (Wildman–Crippen MR) is 70.2 cm³/mol. The Hall–Kier alpha value is -1.13. The summed E-state index contributed by atoms with van der Waals surface area (Å²) in [6.45, 7) is 0. The lowest BCUT2D eigenvalue weighted by Crippen LogP contribution is -2.02. The van der Waals surface area contributed by atoms with Crippen LogP contribution in [-0.2, 0) is 17.2 Å². The van der Waals surface area contributed by atoms with Crippen molar-refractivity contribution in [3.63, 3.8) is 0 Å². The Morgan fingerprint density at radius 3 is 2.69 bits per heavy atom. The van der Waals surface area contributed by atoms with Gasteiger partial charge in [0.1, 0.15) is 0 Å². The molecule has 1 heterocycles. The molecule has 0 fully saturated rings. The van der Waals surface area contributed by atoms with E-state index >= 15 is 0 Å². The van der Waals surface area contributed by atoms with E-state index in [0.717, 1.165) is 21.9 Å². The van der Waals surface area contributed by atoms with Crippen LogP contribution in [0.3, 0.4) is 0 Å². The second kappa shape index (κ2) is 5.27. The number of aryl methyl sites for hydroxylation is 1. The zero-order chi connectivity index (χ0) is 11.4. The minimum Gasteiger partial charge on any atom is -0.399 e. The average molecular weight is 251 g/mol. The zero-order valence-corrected chi connectivity index (χ0v) is 10.4. The first-order chi connectivity index (χ1) is 7.77. The molecule has 1 unspecified atom stereocenters. The third kappa shape index (κ3) is 2.71. The van der Waals surface area contributed by atoms with Crippen molar-refractivity contribution < 1.29 is 4.21 Å². The molecule has 1 aromatic carbocycles. The first-order valence-electron chi connectivity index (χ1n) is 5.02. The van der Waals surface area contributed by atoms with Crippen LogP contribution in [-0.4, -0.2) is 9.96 Å². The van der Waals surface area contributed by atoms with Gasteiger partial charge in [0, 0.05) is 11.4 Å². The summed E-state index contributed by atoms with van der Waals surface area (Å²) in [4.78, 5) is 0. The molecule has 0 spiro atoms. The van der Waals surface area contributed by atoms with Crippen molar-refractivity contribution in [1.82, 2.24) is 0 Å². The summed E-state index contributed by atoms with van der Waals surface area (Å²) in [6, 6.07) is 11.6. The van der Waals surface area contributed by atoms with E-state index in [1.807, 2.05) is 41.8 Å². The molecule has 0 aliphatic carbocycles. The van der Waals surface area contributed by atoms with Gasteiger partial charge in [0.25, 0.3) is 0 Å². The molecule has 1 atom stereocenters. The fourth-order valence-electron chi connectivity index (χ4n) is 1.46. The highest BCUT2D eigenvalue weighted by atomic mass is 32.2. The van der Waals surface area contributed by atoms with Crippen LogP contribution in [0.1, 0.15) is 5.56 Å². The monoisotopic (exact) mass is 251 g/mol. The number of thiophene rings is 1. The maximum absolute atomic E-state index is 11.9. The maximum Gasteiger partial charge on any atom is 0.0910 e. The Balaban J connectivity index is 1.98. The fraction of sp³-hybridized carbons (Fsp3) is 0.167. The van der Waals surface area contributed by atoms with E-state index in [1.54, 1.807) is 0 Å². The first-order valence-corrected chi connectivity index (χ1v) is 7.22. The summed E-state index contributed by atoms with van der Waals surface area (Å²) >= 11 is 1.54. The molecule has 0 aliphatic rings. The number of rotatable bonds is 4. The van der Waals surface area contributed by atoms with Crippen LogP contribution in [0, 0.1) is 0 Å². The van der Waals surface area contributed by atoms with Gasteiger partial charge in [0.15, 0.2) is 0 Å². The van der Waals surface area contributed by atoms with Gasteiger partial charge in [0.05, 0.1) is 15.0 Å². The minimum absolute atomic E-state index is 0.634. The van der Waals surface area contributed by atoms with Gasteiger partial charge in [-0.2, -0.15) is 0 Å². The number of nitrogen functional groups attached to an aromatic ring is 1. The number of nitrogens with two attached hydrogens (primary N) is 1. The van der Waals surface area contributed by atoms with Gasteiger partial charge in [-0.3, -0.25) is 4.21 Å². The molecule has 2 N–H and O–H groups in total. The van der Waals surface area contributed by atoms with Crippen molar-refractivity contribution in [2.45, 2.75) is 10.6 Å². The molecule has 4 heteroatoms. The van der Waals surface area contributed by atoms with Gasteiger partial charge in [-0.15, -0.1) is 11.3 Å². The van der Waals surface area contributed by atoms with E-state index in [-0.39, 0.29) is 0 Å². The van der Waals surface area contributed by atoms with Gasteiger partial charge in [-0.1, -0.05) is 24.3 Å². The standard InChI is InChI=1S/C12H13NOS2/c13-11-5-2-1-4-10(11)7-9-16(14)12-6-3-8-15-12/h1-6,8H,7,9,13H2. The number of para-hydroxylation sites is 1. The van der Waals surface area contributed by atoms with Crippen molar-refractivity contribution in [1.29, 1.82) is 0 Å². The topological polar surface area (TPSA) is 43.1 Å². The Bertz CT molecular complexity index is 480. The summed E-state index contributed by atoms with van der Waals surface area (Å²) < 4.78 is 12.8. The normalized spacial score (nSPS) is 12.5. The van der Waals surface area contributed by atoms with Crippen LogP contribution in [0.15, 0.2) is 46.0 Å². The van der Waals surface area contributed by atoms with Crippen molar-refractivity contribution >= 4 is 27.8 Å². The van der Waals surface area contributed by atoms with Crippen molar-refractivity contribution in [2.24, 2.45) is 0 Å². The van der Waals surface area contributed by atoms with E-state index in [1.165, 1.54) is 11.3 Å². The molecule has 0 amide bonds. The van der Waals surface area contributed by atoms with Crippen LogP contribution in [0.25, 0.3) is 0 Å². The molecule has 0 radical (unpaired) electrons. The number of benzene rings is 1. The molecular formula is C12H13NOS2. The first kappa shape index (κ1) is 11.4. The molecule has 0 aliphatic heterocycles. The Labute approximate surface area is 102 Å². The Kier molecular flexibility index (Phi) is 3.74. The van der Waals surface area contributed by atoms with E-state index in [9.17, 15) is 4.21 Å². The molecule has 2 rings (SSSR count). The molecule has 2 aromatic rings. The predicted octanol–water partition coefficient (Wildman–Crippen LogP) is 2.68. The highest BCUT2D eigenvalue weighted by Gasteiger charge is 2.06. The number of anilines is 1. The van der Waals surface area contributed by atoms with Gasteiger partial charge < -0.3 is 5.73 Å².